The lowest BCUT2D eigenvalue weighted by Gasteiger charge is -2.16. The normalized spacial score (nSPS) is 30.8. The summed E-state index contributed by atoms with van der Waals surface area (Å²) in [6.45, 7) is 0.714. The summed E-state index contributed by atoms with van der Waals surface area (Å²) in [6, 6.07) is 10.4. The topological polar surface area (TPSA) is 9.23 Å². The van der Waals surface area contributed by atoms with E-state index < -0.39 is 0 Å². The van der Waals surface area contributed by atoms with Crippen LogP contribution in [0.3, 0.4) is 0 Å². The number of ether oxygens (including phenoxy) is 1. The molecule has 1 aromatic carbocycles. The molecule has 1 nitrogen and oxygen atoms in total. The maximum Gasteiger partial charge on any atom is 0.0941 e. The van der Waals surface area contributed by atoms with Crippen molar-refractivity contribution in [3.8, 4) is 0 Å². The van der Waals surface area contributed by atoms with E-state index in [0.717, 1.165) is 6.42 Å². The first kappa shape index (κ1) is 10.5. The monoisotopic (exact) mass is 324 g/mol. The summed E-state index contributed by atoms with van der Waals surface area (Å²) in [6.07, 6.45) is 7.84. The van der Waals surface area contributed by atoms with Crippen molar-refractivity contribution in [3.05, 3.63) is 57.7 Å². The second-order valence-electron chi connectivity index (χ2n) is 4.42. The van der Waals surface area contributed by atoms with Crippen LogP contribution < -0.4 is 0 Å². The maximum atomic E-state index is 6.04. The molecule has 0 N–H and O–H groups in total. The molecule has 2 aliphatic carbocycles. The van der Waals surface area contributed by atoms with Gasteiger partial charge in [0.05, 0.1) is 12.2 Å². The van der Waals surface area contributed by atoms with E-state index in [1.54, 1.807) is 0 Å². The molecule has 0 aromatic heterocycles. The van der Waals surface area contributed by atoms with Crippen molar-refractivity contribution in [2.45, 2.75) is 18.6 Å². The highest BCUT2D eigenvalue weighted by atomic mass is 127. The minimum atomic E-state index is 0.0184. The summed E-state index contributed by atoms with van der Waals surface area (Å²) in [5, 5.41) is 0. The van der Waals surface area contributed by atoms with Gasteiger partial charge < -0.3 is 4.74 Å². The summed E-state index contributed by atoms with van der Waals surface area (Å²) in [7, 11) is 0. The van der Waals surface area contributed by atoms with Crippen LogP contribution in [0.5, 0.6) is 0 Å². The number of fused-ring (bicyclic) bond motifs is 1. The smallest absolute Gasteiger partial charge is 0.0941 e. The van der Waals surface area contributed by atoms with Crippen molar-refractivity contribution in [1.82, 2.24) is 0 Å². The molecule has 0 saturated heterocycles. The van der Waals surface area contributed by atoms with Crippen molar-refractivity contribution in [3.63, 3.8) is 0 Å². The van der Waals surface area contributed by atoms with Gasteiger partial charge in [0.15, 0.2) is 0 Å². The molecule has 2 aliphatic rings. The average molecular weight is 324 g/mol. The SMILES string of the molecule is IC1=CC2CC2(OCc2ccccc2)C=C1. The van der Waals surface area contributed by atoms with E-state index in [9.17, 15) is 0 Å². The molecule has 82 valence electrons. The van der Waals surface area contributed by atoms with Crippen LogP contribution >= 0.6 is 22.6 Å². The quantitative estimate of drug-likeness (QED) is 0.768. The van der Waals surface area contributed by atoms with E-state index in [0.29, 0.717) is 12.5 Å². The fourth-order valence-corrected chi connectivity index (χ4v) is 2.76. The molecule has 1 aromatic rings. The fraction of sp³-hybridized carbons (Fsp3) is 0.286. The number of benzene rings is 1. The zero-order valence-corrected chi connectivity index (χ0v) is 11.1. The molecule has 0 aliphatic heterocycles. The third-order valence-electron chi connectivity index (χ3n) is 3.24. The molecule has 0 heterocycles. The van der Waals surface area contributed by atoms with E-state index in [1.807, 2.05) is 6.07 Å². The summed E-state index contributed by atoms with van der Waals surface area (Å²) in [5.41, 5.74) is 1.27. The summed E-state index contributed by atoms with van der Waals surface area (Å²) in [4.78, 5) is 0. The predicted octanol–water partition coefficient (Wildman–Crippen LogP) is 3.85. The predicted molar refractivity (Wildman–Crippen MR) is 73.3 cm³/mol. The second kappa shape index (κ2) is 4.00. The summed E-state index contributed by atoms with van der Waals surface area (Å²) < 4.78 is 7.38. The number of hydrogen-bond donors (Lipinski definition) is 0. The van der Waals surface area contributed by atoms with Crippen molar-refractivity contribution < 1.29 is 4.74 Å². The van der Waals surface area contributed by atoms with Gasteiger partial charge in [0.25, 0.3) is 0 Å². The Labute approximate surface area is 109 Å². The molecule has 2 atom stereocenters. The third-order valence-corrected chi connectivity index (χ3v) is 3.96. The lowest BCUT2D eigenvalue weighted by molar-refractivity contribution is 0.0458. The van der Waals surface area contributed by atoms with E-state index >= 15 is 0 Å². The average Bonchev–Trinajstić information content (AvgIpc) is 3.02. The first-order valence-electron chi connectivity index (χ1n) is 5.53. The van der Waals surface area contributed by atoms with Gasteiger partial charge in [0.2, 0.25) is 0 Å². The van der Waals surface area contributed by atoms with Crippen LogP contribution in [0.1, 0.15) is 12.0 Å². The molecule has 0 amide bonds. The van der Waals surface area contributed by atoms with E-state index in [-0.39, 0.29) is 5.60 Å². The molecule has 1 saturated carbocycles. The van der Waals surface area contributed by atoms with Crippen LogP contribution in [0, 0.1) is 5.92 Å². The van der Waals surface area contributed by atoms with Crippen LogP contribution in [-0.2, 0) is 11.3 Å². The Kier molecular flexibility index (Phi) is 2.64. The van der Waals surface area contributed by atoms with Crippen molar-refractivity contribution in [2.75, 3.05) is 0 Å². The Bertz CT molecular complexity index is 449. The van der Waals surface area contributed by atoms with Crippen molar-refractivity contribution >= 4 is 22.6 Å². The second-order valence-corrected chi connectivity index (χ2v) is 5.67. The number of halogens is 1. The Morgan fingerprint density at radius 2 is 2.12 bits per heavy atom. The van der Waals surface area contributed by atoms with Gasteiger partial charge in [0, 0.05) is 9.50 Å². The van der Waals surface area contributed by atoms with Gasteiger partial charge >= 0.3 is 0 Å². The molecule has 0 bridgehead atoms. The van der Waals surface area contributed by atoms with E-state index in [4.69, 9.17) is 4.74 Å². The Hall–Kier alpha value is -0.610. The first-order chi connectivity index (χ1) is 7.78. The molecular formula is C14H13IO. The van der Waals surface area contributed by atoms with Crippen molar-refractivity contribution in [1.29, 1.82) is 0 Å². The van der Waals surface area contributed by atoms with Crippen LogP contribution in [0.15, 0.2) is 52.1 Å². The first-order valence-corrected chi connectivity index (χ1v) is 6.61. The number of rotatable bonds is 3. The van der Waals surface area contributed by atoms with Gasteiger partial charge in [0.1, 0.15) is 0 Å². The van der Waals surface area contributed by atoms with Crippen LogP contribution in [0.25, 0.3) is 0 Å². The zero-order valence-electron chi connectivity index (χ0n) is 8.90. The van der Waals surface area contributed by atoms with Gasteiger partial charge in [-0.05, 0) is 34.6 Å². The Morgan fingerprint density at radius 3 is 2.88 bits per heavy atom. The fourth-order valence-electron chi connectivity index (χ4n) is 2.15. The van der Waals surface area contributed by atoms with Gasteiger partial charge in [-0.25, -0.2) is 0 Å². The molecule has 1 fully saturated rings. The maximum absolute atomic E-state index is 6.04. The molecule has 3 rings (SSSR count). The minimum Gasteiger partial charge on any atom is -0.366 e. The molecule has 0 radical (unpaired) electrons. The highest BCUT2D eigenvalue weighted by Gasteiger charge is 2.53. The highest BCUT2D eigenvalue weighted by molar-refractivity contribution is 14.1. The Morgan fingerprint density at radius 1 is 1.31 bits per heavy atom. The van der Waals surface area contributed by atoms with Gasteiger partial charge in [-0.2, -0.15) is 0 Å². The molecular weight excluding hydrogens is 311 g/mol. The molecule has 16 heavy (non-hydrogen) atoms. The van der Waals surface area contributed by atoms with E-state index in [2.05, 4.69) is 65.1 Å². The molecule has 2 unspecified atom stereocenters. The summed E-state index contributed by atoms with van der Waals surface area (Å²) >= 11 is 2.36. The lowest BCUT2D eigenvalue weighted by atomic mass is 10.1. The zero-order chi connectivity index (χ0) is 11.0. The third kappa shape index (κ3) is 1.96. The standard InChI is InChI=1S/C14H13IO/c15-13-6-7-14(9-12(14)8-13)16-10-11-4-2-1-3-5-11/h1-8,12H,9-10H2. The van der Waals surface area contributed by atoms with Gasteiger partial charge in [-0.15, -0.1) is 0 Å². The van der Waals surface area contributed by atoms with Crippen LogP contribution in [-0.4, -0.2) is 5.60 Å². The lowest BCUT2D eigenvalue weighted by Crippen LogP contribution is -2.15. The minimum absolute atomic E-state index is 0.0184. The largest absolute Gasteiger partial charge is 0.366 e. The van der Waals surface area contributed by atoms with Crippen LogP contribution in [0.2, 0.25) is 0 Å². The van der Waals surface area contributed by atoms with Crippen molar-refractivity contribution in [2.24, 2.45) is 5.92 Å². The van der Waals surface area contributed by atoms with E-state index in [1.165, 1.54) is 9.14 Å². The highest BCUT2D eigenvalue weighted by Crippen LogP contribution is 2.52. The van der Waals surface area contributed by atoms with Gasteiger partial charge in [-0.3, -0.25) is 0 Å². The van der Waals surface area contributed by atoms with Gasteiger partial charge in [-0.1, -0.05) is 48.6 Å². The molecule has 2 heteroatoms. The summed E-state index contributed by atoms with van der Waals surface area (Å²) in [5.74, 6) is 0.605. The number of allylic oxidation sites excluding steroid dienone is 2. The number of hydrogen-bond acceptors (Lipinski definition) is 1. The van der Waals surface area contributed by atoms with Crippen LogP contribution in [0.4, 0.5) is 0 Å². The Balaban J connectivity index is 1.64. The molecule has 0 spiro atoms.